The molecule has 7 aromatic rings. The van der Waals surface area contributed by atoms with E-state index in [-0.39, 0.29) is 0 Å². The number of rotatable bonds is 5. The fourth-order valence-corrected chi connectivity index (χ4v) is 6.33. The van der Waals surface area contributed by atoms with Crippen LogP contribution >= 0.6 is 0 Å². The van der Waals surface area contributed by atoms with E-state index in [0.717, 1.165) is 0 Å². The van der Waals surface area contributed by atoms with Gasteiger partial charge in [0.1, 0.15) is 0 Å². The van der Waals surface area contributed by atoms with E-state index in [2.05, 4.69) is 172 Å². The van der Waals surface area contributed by atoms with E-state index in [0.29, 0.717) is 0 Å². The number of hydrogen-bond donors (Lipinski definition) is 0. The van der Waals surface area contributed by atoms with Crippen LogP contribution in [0.25, 0.3) is 72.1 Å². The Morgan fingerprint density at radius 1 is 0.405 bits per heavy atom. The lowest BCUT2D eigenvalue weighted by Gasteiger charge is -2.20. The minimum absolute atomic E-state index is 1.23. The molecule has 7 aromatic carbocycles. The second-order valence-electron chi connectivity index (χ2n) is 10.9. The zero-order chi connectivity index (χ0) is 28.5. The first-order chi connectivity index (χ1) is 20.7. The minimum atomic E-state index is 1.23. The van der Waals surface area contributed by atoms with Crippen molar-refractivity contribution in [3.05, 3.63) is 163 Å². The van der Waals surface area contributed by atoms with Crippen LogP contribution in [0.1, 0.15) is 18.1 Å². The zero-order valence-corrected chi connectivity index (χ0v) is 24.0. The fraction of sp³-hybridized carbons (Fsp3) is 0.0476. The zero-order valence-electron chi connectivity index (χ0n) is 24.0. The Morgan fingerprint density at radius 2 is 0.929 bits per heavy atom. The molecule has 200 valence electrons. The number of aryl methyl sites for hydroxylation is 1. The summed E-state index contributed by atoms with van der Waals surface area (Å²) in [6.07, 6.45) is 4.30. The molecule has 0 fully saturated rings. The molecule has 0 aliphatic rings. The first-order valence-electron chi connectivity index (χ1n) is 14.7. The average Bonchev–Trinajstić information content (AvgIpc) is 3.05. The van der Waals surface area contributed by atoms with Crippen LogP contribution in [0.2, 0.25) is 0 Å². The summed E-state index contributed by atoms with van der Waals surface area (Å²) in [5.74, 6) is 0. The van der Waals surface area contributed by atoms with Gasteiger partial charge in [-0.05, 0) is 103 Å². The highest BCUT2D eigenvalue weighted by Gasteiger charge is 2.18. The molecule has 0 N–H and O–H groups in total. The molecule has 7 rings (SSSR count). The van der Waals surface area contributed by atoms with E-state index in [1.165, 1.54) is 77.2 Å². The molecule has 0 spiro atoms. The molecule has 0 radical (unpaired) electrons. The highest BCUT2D eigenvalue weighted by molar-refractivity contribution is 6.22. The van der Waals surface area contributed by atoms with E-state index in [9.17, 15) is 0 Å². The highest BCUT2D eigenvalue weighted by atomic mass is 14.2. The first-order valence-corrected chi connectivity index (χ1v) is 14.7. The van der Waals surface area contributed by atoms with Crippen molar-refractivity contribution in [3.63, 3.8) is 0 Å². The van der Waals surface area contributed by atoms with Gasteiger partial charge in [0.05, 0.1) is 0 Å². The predicted molar refractivity (Wildman–Crippen MR) is 183 cm³/mol. The van der Waals surface area contributed by atoms with Crippen molar-refractivity contribution in [3.8, 4) is 44.5 Å². The molecule has 0 aromatic heterocycles. The molecule has 0 heteroatoms. The van der Waals surface area contributed by atoms with E-state index in [1.54, 1.807) is 0 Å². The number of fused-ring (bicyclic) bond motifs is 2. The minimum Gasteiger partial charge on any atom is -0.0871 e. The molecule has 0 saturated carbocycles. The molecule has 0 saturated heterocycles. The average molecular weight is 537 g/mol. The van der Waals surface area contributed by atoms with E-state index < -0.39 is 0 Å². The van der Waals surface area contributed by atoms with Gasteiger partial charge in [-0.25, -0.2) is 0 Å². The summed E-state index contributed by atoms with van der Waals surface area (Å²) >= 11 is 0. The van der Waals surface area contributed by atoms with Crippen LogP contribution in [0.3, 0.4) is 0 Å². The number of hydrogen-bond acceptors (Lipinski definition) is 0. The smallest absolute Gasteiger partial charge is 0.00201 e. The Labute approximate surface area is 248 Å². The summed E-state index contributed by atoms with van der Waals surface area (Å²) in [6, 6.07) is 53.2. The lowest BCUT2D eigenvalue weighted by molar-refractivity contribution is 1.44. The third kappa shape index (κ3) is 4.52. The van der Waals surface area contributed by atoms with Gasteiger partial charge in [-0.1, -0.05) is 146 Å². The van der Waals surface area contributed by atoms with Gasteiger partial charge in [-0.15, -0.1) is 0 Å². The maximum absolute atomic E-state index is 2.36. The van der Waals surface area contributed by atoms with Crippen molar-refractivity contribution in [1.29, 1.82) is 0 Å². The van der Waals surface area contributed by atoms with Crippen LogP contribution in [0, 0.1) is 6.92 Å². The van der Waals surface area contributed by atoms with Crippen molar-refractivity contribution < 1.29 is 0 Å². The first kappa shape index (κ1) is 25.7. The molecule has 0 aliphatic carbocycles. The van der Waals surface area contributed by atoms with Crippen LogP contribution in [0.4, 0.5) is 0 Å². The largest absolute Gasteiger partial charge is 0.0871 e. The van der Waals surface area contributed by atoms with E-state index in [4.69, 9.17) is 0 Å². The quantitative estimate of drug-likeness (QED) is 0.192. The summed E-state index contributed by atoms with van der Waals surface area (Å²) in [5.41, 5.74) is 12.5. The van der Waals surface area contributed by atoms with Gasteiger partial charge in [0.2, 0.25) is 0 Å². The van der Waals surface area contributed by atoms with Crippen molar-refractivity contribution in [2.45, 2.75) is 13.8 Å². The molecule has 0 unspecified atom stereocenters. The standard InChI is InChI=1S/C42H32/c1-3-14-31-27-33(26-25-29(31)2)32-17-13-18-34(28-32)41-37-21-9-11-23-39(37)42(40-24-12-10-22-38(40)41)36-20-8-7-19-35(36)30-15-5-4-6-16-30/h3-28H,1-2H3/b14-3-. The number of allylic oxidation sites excluding steroid dienone is 1. The number of benzene rings is 7. The van der Waals surface area contributed by atoms with Crippen molar-refractivity contribution >= 4 is 27.6 Å². The molecule has 0 atom stereocenters. The van der Waals surface area contributed by atoms with Crippen LogP contribution in [0.5, 0.6) is 0 Å². The molecular weight excluding hydrogens is 504 g/mol. The van der Waals surface area contributed by atoms with Gasteiger partial charge in [-0.2, -0.15) is 0 Å². The Balaban J connectivity index is 1.51. The van der Waals surface area contributed by atoms with Gasteiger partial charge in [0, 0.05) is 0 Å². The molecular formula is C42H32. The molecule has 42 heavy (non-hydrogen) atoms. The lowest BCUT2D eigenvalue weighted by Crippen LogP contribution is -1.93. The van der Waals surface area contributed by atoms with Gasteiger partial charge < -0.3 is 0 Å². The second kappa shape index (κ2) is 11.0. The lowest BCUT2D eigenvalue weighted by atomic mass is 9.83. The summed E-state index contributed by atoms with van der Waals surface area (Å²) in [7, 11) is 0. The van der Waals surface area contributed by atoms with E-state index in [1.807, 2.05) is 0 Å². The summed E-state index contributed by atoms with van der Waals surface area (Å²) in [5, 5.41) is 5.07. The van der Waals surface area contributed by atoms with Crippen molar-refractivity contribution in [2.24, 2.45) is 0 Å². The van der Waals surface area contributed by atoms with Crippen molar-refractivity contribution in [2.75, 3.05) is 0 Å². The fourth-order valence-electron chi connectivity index (χ4n) is 6.33. The molecule has 0 amide bonds. The van der Waals surface area contributed by atoms with Crippen molar-refractivity contribution in [1.82, 2.24) is 0 Å². The van der Waals surface area contributed by atoms with Gasteiger partial charge >= 0.3 is 0 Å². The second-order valence-corrected chi connectivity index (χ2v) is 10.9. The van der Waals surface area contributed by atoms with Crippen LogP contribution in [-0.4, -0.2) is 0 Å². The molecule has 0 aliphatic heterocycles. The Morgan fingerprint density at radius 3 is 1.60 bits per heavy atom. The summed E-state index contributed by atoms with van der Waals surface area (Å²) in [6.45, 7) is 4.25. The summed E-state index contributed by atoms with van der Waals surface area (Å²) in [4.78, 5) is 0. The highest BCUT2D eigenvalue weighted by Crippen LogP contribution is 2.46. The van der Waals surface area contributed by atoms with Crippen LogP contribution in [-0.2, 0) is 0 Å². The molecule has 0 nitrogen and oxygen atoms in total. The van der Waals surface area contributed by atoms with Crippen LogP contribution < -0.4 is 0 Å². The normalized spacial score (nSPS) is 11.5. The SMILES string of the molecule is C/C=C\c1cc(-c2cccc(-c3c4ccccc4c(-c4ccccc4-c4ccccc4)c4ccccc34)c2)ccc1C. The predicted octanol–water partition coefficient (Wildman–Crippen LogP) is 12.0. The maximum Gasteiger partial charge on any atom is -0.00201 e. The van der Waals surface area contributed by atoms with Gasteiger partial charge in [0.25, 0.3) is 0 Å². The van der Waals surface area contributed by atoms with E-state index >= 15 is 0 Å². The van der Waals surface area contributed by atoms with Crippen LogP contribution in [0.15, 0.2) is 152 Å². The Kier molecular flexibility index (Phi) is 6.74. The third-order valence-electron chi connectivity index (χ3n) is 8.32. The van der Waals surface area contributed by atoms with Gasteiger partial charge in [0.15, 0.2) is 0 Å². The summed E-state index contributed by atoms with van der Waals surface area (Å²) < 4.78 is 0. The Bertz CT molecular complexity index is 2040. The van der Waals surface area contributed by atoms with Gasteiger partial charge in [-0.3, -0.25) is 0 Å². The Hall–Kier alpha value is -5.20. The maximum atomic E-state index is 2.36. The molecule has 0 heterocycles. The molecule has 0 bridgehead atoms. The monoisotopic (exact) mass is 536 g/mol. The third-order valence-corrected chi connectivity index (χ3v) is 8.32. The topological polar surface area (TPSA) is 0 Å².